The van der Waals surface area contributed by atoms with Crippen molar-refractivity contribution >= 4 is 18.1 Å². The Bertz CT molecular complexity index is 666. The number of carbonyl (C=O) groups excluding carboxylic acids is 1. The maximum atomic E-state index is 11.1. The fourth-order valence-electron chi connectivity index (χ4n) is 2.29. The number of rotatable bonds is 3. The van der Waals surface area contributed by atoms with Gasteiger partial charge in [0.25, 0.3) is 0 Å². The maximum absolute atomic E-state index is 11.1. The van der Waals surface area contributed by atoms with Gasteiger partial charge < -0.3 is 9.80 Å². The van der Waals surface area contributed by atoms with Crippen LogP contribution in [0.2, 0.25) is 0 Å². The van der Waals surface area contributed by atoms with E-state index < -0.39 is 0 Å². The van der Waals surface area contributed by atoms with E-state index in [9.17, 15) is 4.79 Å². The summed E-state index contributed by atoms with van der Waals surface area (Å²) in [5.41, 5.74) is 2.28. The van der Waals surface area contributed by atoms with Gasteiger partial charge in [-0.3, -0.25) is 9.78 Å². The first-order chi connectivity index (χ1) is 14.4. The summed E-state index contributed by atoms with van der Waals surface area (Å²) in [6.45, 7) is 11.7. The van der Waals surface area contributed by atoms with Crippen molar-refractivity contribution in [2.24, 2.45) is 0 Å². The van der Waals surface area contributed by atoms with Crippen LogP contribution in [0.15, 0.2) is 80.8 Å². The van der Waals surface area contributed by atoms with E-state index in [4.69, 9.17) is 0 Å². The minimum Gasteiger partial charge on any atom is -0.320 e. The Morgan fingerprint density at radius 3 is 1.70 bits per heavy atom. The Morgan fingerprint density at radius 1 is 0.818 bits per heavy atom. The molecule has 0 saturated carbocycles. The lowest BCUT2D eigenvalue weighted by Crippen LogP contribution is -2.23. The number of pyridine rings is 1. The van der Waals surface area contributed by atoms with Crippen LogP contribution in [0.5, 0.6) is 0 Å². The summed E-state index contributed by atoms with van der Waals surface area (Å²) >= 11 is 0. The van der Waals surface area contributed by atoms with Crippen molar-refractivity contribution in [2.75, 3.05) is 27.7 Å². The first-order valence-electron chi connectivity index (χ1n) is 10.2. The number of hydrogen-bond acceptors (Lipinski definition) is 3. The van der Waals surface area contributed by atoms with Gasteiger partial charge in [0.15, 0.2) is 0 Å². The van der Waals surface area contributed by atoms with Crippen molar-refractivity contribution in [2.45, 2.75) is 48.0 Å². The van der Waals surface area contributed by atoms with Crippen LogP contribution < -0.4 is 0 Å². The van der Waals surface area contributed by atoms with Crippen molar-refractivity contribution in [1.82, 2.24) is 14.8 Å². The molecule has 0 N–H and O–H groups in total. The fourth-order valence-corrected chi connectivity index (χ4v) is 2.29. The van der Waals surface area contributed by atoms with E-state index in [1.165, 1.54) is 12.0 Å². The van der Waals surface area contributed by atoms with Crippen LogP contribution in [0.4, 0.5) is 0 Å². The molecule has 4 heteroatoms. The molecule has 4 nitrogen and oxygen atoms in total. The molecule has 1 saturated heterocycles. The second-order valence-electron chi connectivity index (χ2n) is 7.02. The molecule has 0 aliphatic carbocycles. The Labute approximate surface area is 205 Å². The lowest BCUT2D eigenvalue weighted by molar-refractivity contribution is -0.128. The normalized spacial score (nSPS) is 11.4. The summed E-state index contributed by atoms with van der Waals surface area (Å²) in [4.78, 5) is 18.7. The molecule has 2 heterocycles. The average molecular weight is 456 g/mol. The van der Waals surface area contributed by atoms with E-state index >= 15 is 0 Å². The van der Waals surface area contributed by atoms with E-state index in [0.29, 0.717) is 6.42 Å². The topological polar surface area (TPSA) is 36.4 Å². The molecule has 2 aromatic rings. The highest BCUT2D eigenvalue weighted by atomic mass is 16.2. The lowest BCUT2D eigenvalue weighted by Gasteiger charge is -2.13. The van der Waals surface area contributed by atoms with Gasteiger partial charge in [-0.25, -0.2) is 0 Å². The summed E-state index contributed by atoms with van der Waals surface area (Å²) in [6, 6.07) is 13.8. The van der Waals surface area contributed by atoms with Gasteiger partial charge >= 0.3 is 0 Å². The number of nitrogens with zero attached hydrogens (tertiary/aromatic N) is 3. The Morgan fingerprint density at radius 2 is 1.30 bits per heavy atom. The van der Waals surface area contributed by atoms with E-state index in [0.717, 1.165) is 24.9 Å². The summed E-state index contributed by atoms with van der Waals surface area (Å²) < 4.78 is 0. The monoisotopic (exact) mass is 455 g/mol. The van der Waals surface area contributed by atoms with Crippen LogP contribution in [-0.2, 0) is 4.79 Å². The zero-order valence-corrected chi connectivity index (χ0v) is 18.8. The molecule has 0 bridgehead atoms. The zero-order chi connectivity index (χ0) is 22.6. The van der Waals surface area contributed by atoms with Crippen molar-refractivity contribution < 1.29 is 4.79 Å². The Balaban J connectivity index is -0.000000171. The van der Waals surface area contributed by atoms with Gasteiger partial charge in [-0.05, 0) is 63.4 Å². The number of aromatic nitrogens is 1. The highest BCUT2D eigenvalue weighted by molar-refractivity contribution is 5.77. The minimum atomic E-state index is 0. The third-order valence-corrected chi connectivity index (χ3v) is 3.81. The largest absolute Gasteiger partial charge is 0.320 e. The predicted molar refractivity (Wildman–Crippen MR) is 151 cm³/mol. The minimum absolute atomic E-state index is 0. The molecule has 0 radical (unpaired) electrons. The van der Waals surface area contributed by atoms with Crippen molar-refractivity contribution in [3.63, 3.8) is 0 Å². The van der Waals surface area contributed by atoms with Crippen molar-refractivity contribution in [3.05, 3.63) is 91.9 Å². The summed E-state index contributed by atoms with van der Waals surface area (Å²) in [5, 5.41) is 0. The summed E-state index contributed by atoms with van der Waals surface area (Å²) in [5.74, 6) is 0.229. The first-order valence-corrected chi connectivity index (χ1v) is 10.2. The summed E-state index contributed by atoms with van der Waals surface area (Å²) in [6.07, 6.45) is 12.8. The average Bonchev–Trinajstić information content (AvgIpc) is 2.99. The lowest BCUT2D eigenvalue weighted by atomic mass is 10.2. The van der Waals surface area contributed by atoms with Crippen LogP contribution in [0.1, 0.15) is 59.1 Å². The molecule has 1 fully saturated rings. The molecule has 0 atom stereocenters. The number of amides is 1. The van der Waals surface area contributed by atoms with E-state index in [1.807, 2.05) is 74.6 Å². The van der Waals surface area contributed by atoms with Crippen LogP contribution in [0.3, 0.4) is 0 Å². The smallest absolute Gasteiger partial charge is 0.226 e. The number of hydrogen-bond donors (Lipinski definition) is 0. The van der Waals surface area contributed by atoms with Crippen LogP contribution >= 0.6 is 0 Å². The Kier molecular flexibility index (Phi) is 28.6. The molecule has 1 aromatic heterocycles. The molecular weight excluding hydrogens is 406 g/mol. The van der Waals surface area contributed by atoms with Gasteiger partial charge in [0, 0.05) is 25.4 Å². The molecule has 1 aliphatic heterocycles. The molecule has 33 heavy (non-hydrogen) atoms. The second-order valence-corrected chi connectivity index (χ2v) is 7.02. The van der Waals surface area contributed by atoms with Gasteiger partial charge in [0.2, 0.25) is 5.91 Å². The van der Waals surface area contributed by atoms with Crippen LogP contribution in [-0.4, -0.2) is 48.4 Å². The SMILES string of the molecule is C.C.C.C=CN1CCCCCC1=O.C=Cc1ccccc1.C=Cc1ccncc1.CN(C)C. The third-order valence-electron chi connectivity index (χ3n) is 3.81. The Hall–Kier alpha value is -2.98. The van der Waals surface area contributed by atoms with E-state index in [2.05, 4.69) is 24.7 Å². The highest BCUT2D eigenvalue weighted by Crippen LogP contribution is 2.10. The quantitative estimate of drug-likeness (QED) is 0.476. The van der Waals surface area contributed by atoms with Crippen LogP contribution in [0, 0.1) is 0 Å². The zero-order valence-electron chi connectivity index (χ0n) is 18.8. The molecule has 1 aliphatic rings. The van der Waals surface area contributed by atoms with Gasteiger partial charge in [0.1, 0.15) is 0 Å². The van der Waals surface area contributed by atoms with Gasteiger partial charge in [-0.15, -0.1) is 0 Å². The summed E-state index contributed by atoms with van der Waals surface area (Å²) in [7, 11) is 6.00. The number of likely N-dealkylation sites (tertiary alicyclic amines) is 1. The molecule has 186 valence electrons. The second kappa shape index (κ2) is 25.3. The van der Waals surface area contributed by atoms with Crippen LogP contribution in [0.25, 0.3) is 12.2 Å². The highest BCUT2D eigenvalue weighted by Gasteiger charge is 2.12. The predicted octanol–water partition coefficient (Wildman–Crippen LogP) is 7.67. The standard InChI is InChI=1S/C8H13NO.C8H8.C7H7N.C3H9N.3CH4/c1-2-9-7-5-3-4-6-8(9)10;1-2-8-6-4-3-5-7-8;1-2-7-3-5-8-6-4-7;1-4(2)3;;;/h2H,1,3-7H2;2-7H,1H2;2-6H,1H2;1-3H3;3*1H4. The molecule has 0 unspecified atom stereocenters. The molecule has 0 spiro atoms. The van der Waals surface area contributed by atoms with Crippen molar-refractivity contribution in [3.8, 4) is 0 Å². The molecular formula is C29H49N3O. The van der Waals surface area contributed by atoms with Crippen molar-refractivity contribution in [1.29, 1.82) is 0 Å². The number of carbonyl (C=O) groups is 1. The third kappa shape index (κ3) is 22.0. The number of benzene rings is 1. The van der Waals surface area contributed by atoms with Gasteiger partial charge in [-0.2, -0.15) is 0 Å². The maximum Gasteiger partial charge on any atom is 0.226 e. The molecule has 3 rings (SSSR count). The van der Waals surface area contributed by atoms with E-state index in [1.54, 1.807) is 29.6 Å². The van der Waals surface area contributed by atoms with E-state index in [-0.39, 0.29) is 28.2 Å². The van der Waals surface area contributed by atoms with Gasteiger partial charge in [0.05, 0.1) is 0 Å². The molecule has 1 aromatic carbocycles. The first kappa shape index (κ1) is 37.3. The fraction of sp³-hybridized carbons (Fsp3) is 0.379. The molecule has 1 amide bonds. The van der Waals surface area contributed by atoms with Gasteiger partial charge in [-0.1, -0.05) is 90.9 Å².